The van der Waals surface area contributed by atoms with E-state index in [9.17, 15) is 0 Å². The molecule has 0 aliphatic carbocycles. The summed E-state index contributed by atoms with van der Waals surface area (Å²) in [6.07, 6.45) is 8.71. The van der Waals surface area contributed by atoms with Crippen molar-refractivity contribution in [1.29, 1.82) is 0 Å². The summed E-state index contributed by atoms with van der Waals surface area (Å²) >= 11 is 1.84. The Morgan fingerprint density at radius 3 is 2.85 bits per heavy atom. The number of piperidine rings is 1. The molecule has 2 rings (SSSR count). The van der Waals surface area contributed by atoms with Crippen LogP contribution in [0.3, 0.4) is 0 Å². The summed E-state index contributed by atoms with van der Waals surface area (Å²) in [6.45, 7) is 9.21. The van der Waals surface area contributed by atoms with Crippen molar-refractivity contribution in [3.05, 3.63) is 23.9 Å². The van der Waals surface area contributed by atoms with Crippen LogP contribution < -0.4 is 0 Å². The Kier molecular flexibility index (Phi) is 6.37. The van der Waals surface area contributed by atoms with Gasteiger partial charge in [0.2, 0.25) is 0 Å². The second-order valence-corrected chi connectivity index (χ2v) is 7.59. The second kappa shape index (κ2) is 8.04. The van der Waals surface area contributed by atoms with E-state index >= 15 is 0 Å². The molecule has 1 aliphatic heterocycles. The molecule has 1 aromatic heterocycles. The zero-order chi connectivity index (χ0) is 14.4. The summed E-state index contributed by atoms with van der Waals surface area (Å²) in [6, 6.07) is 5.10. The first kappa shape index (κ1) is 15.8. The third kappa shape index (κ3) is 4.49. The van der Waals surface area contributed by atoms with Crippen LogP contribution in [0.25, 0.3) is 0 Å². The Morgan fingerprint density at radius 2 is 2.20 bits per heavy atom. The molecule has 1 unspecified atom stereocenters. The Bertz CT molecular complexity index is 388. The molecule has 3 heteroatoms. The van der Waals surface area contributed by atoms with E-state index in [4.69, 9.17) is 0 Å². The molecule has 0 N–H and O–H groups in total. The van der Waals surface area contributed by atoms with Gasteiger partial charge in [-0.05, 0) is 44.0 Å². The number of aromatic nitrogens is 1. The zero-order valence-electron chi connectivity index (χ0n) is 13.1. The van der Waals surface area contributed by atoms with Crippen LogP contribution in [0, 0.1) is 0 Å². The fourth-order valence-electron chi connectivity index (χ4n) is 2.90. The number of thioether (sulfide) groups is 1. The van der Waals surface area contributed by atoms with Crippen molar-refractivity contribution < 1.29 is 0 Å². The highest BCUT2D eigenvalue weighted by atomic mass is 32.2. The lowest BCUT2D eigenvalue weighted by atomic mass is 9.96. The summed E-state index contributed by atoms with van der Waals surface area (Å²) in [5.74, 6) is 0. The Morgan fingerprint density at radius 1 is 1.35 bits per heavy atom. The monoisotopic (exact) mass is 292 g/mol. The molecular weight excluding hydrogens is 264 g/mol. The predicted molar refractivity (Wildman–Crippen MR) is 88.3 cm³/mol. The molecule has 112 valence electrons. The molecule has 1 aliphatic rings. The summed E-state index contributed by atoms with van der Waals surface area (Å²) in [5.41, 5.74) is 1.41. The number of hydrogen-bond donors (Lipinski definition) is 0. The van der Waals surface area contributed by atoms with E-state index in [1.165, 1.54) is 50.8 Å². The Balaban J connectivity index is 2.03. The number of likely N-dealkylation sites (tertiary alicyclic amines) is 1. The van der Waals surface area contributed by atoms with Crippen molar-refractivity contribution >= 4 is 11.8 Å². The predicted octanol–water partition coefficient (Wildman–Crippen LogP) is 4.91. The molecule has 0 aromatic carbocycles. The molecule has 1 aromatic rings. The van der Waals surface area contributed by atoms with Gasteiger partial charge in [-0.2, -0.15) is 0 Å². The van der Waals surface area contributed by atoms with Crippen molar-refractivity contribution in [2.75, 3.05) is 13.1 Å². The van der Waals surface area contributed by atoms with Crippen molar-refractivity contribution in [2.45, 2.75) is 69.2 Å². The molecule has 0 bridgehead atoms. The SMILES string of the molecule is CCCCN1CCCCC1c1ccc(SC(C)C)nc1. The van der Waals surface area contributed by atoms with Gasteiger partial charge in [0, 0.05) is 17.5 Å². The van der Waals surface area contributed by atoms with Gasteiger partial charge in [-0.3, -0.25) is 4.90 Å². The summed E-state index contributed by atoms with van der Waals surface area (Å²) in [5, 5.41) is 1.75. The topological polar surface area (TPSA) is 16.1 Å². The van der Waals surface area contributed by atoms with E-state index in [2.05, 4.69) is 49.0 Å². The molecule has 1 saturated heterocycles. The third-order valence-corrected chi connectivity index (χ3v) is 4.87. The fourth-order valence-corrected chi connectivity index (χ4v) is 3.64. The second-order valence-electron chi connectivity index (χ2n) is 6.00. The van der Waals surface area contributed by atoms with Gasteiger partial charge in [-0.25, -0.2) is 4.98 Å². The van der Waals surface area contributed by atoms with Crippen molar-refractivity contribution in [3.8, 4) is 0 Å². The van der Waals surface area contributed by atoms with E-state index in [1.54, 1.807) is 0 Å². The van der Waals surface area contributed by atoms with E-state index in [1.807, 2.05) is 11.8 Å². The maximum atomic E-state index is 4.65. The highest BCUT2D eigenvalue weighted by Gasteiger charge is 2.23. The first-order chi connectivity index (χ1) is 9.70. The number of nitrogens with zero attached hydrogens (tertiary/aromatic N) is 2. The largest absolute Gasteiger partial charge is 0.296 e. The standard InChI is InChI=1S/C17H28N2S/c1-4-5-11-19-12-7-6-8-16(19)15-9-10-17(18-13-15)20-14(2)3/h9-10,13-14,16H,4-8,11-12H2,1-3H3. The van der Waals surface area contributed by atoms with Gasteiger partial charge in [-0.15, -0.1) is 11.8 Å². The van der Waals surface area contributed by atoms with Crippen LogP contribution in [0.2, 0.25) is 0 Å². The van der Waals surface area contributed by atoms with Gasteiger partial charge in [0.1, 0.15) is 0 Å². The van der Waals surface area contributed by atoms with Crippen molar-refractivity contribution in [2.24, 2.45) is 0 Å². The molecule has 0 spiro atoms. The van der Waals surface area contributed by atoms with Crippen LogP contribution in [-0.4, -0.2) is 28.2 Å². The number of hydrogen-bond acceptors (Lipinski definition) is 3. The van der Waals surface area contributed by atoms with Gasteiger partial charge in [0.25, 0.3) is 0 Å². The van der Waals surface area contributed by atoms with Gasteiger partial charge in [-0.1, -0.05) is 39.7 Å². The van der Waals surface area contributed by atoms with Gasteiger partial charge >= 0.3 is 0 Å². The van der Waals surface area contributed by atoms with E-state index in [0.717, 1.165) is 5.03 Å². The quantitative estimate of drug-likeness (QED) is 0.693. The lowest BCUT2D eigenvalue weighted by molar-refractivity contribution is 0.146. The summed E-state index contributed by atoms with van der Waals surface area (Å²) in [7, 11) is 0. The molecular formula is C17H28N2S. The van der Waals surface area contributed by atoms with Gasteiger partial charge in [0.15, 0.2) is 0 Å². The van der Waals surface area contributed by atoms with Gasteiger partial charge in [0.05, 0.1) is 5.03 Å². The van der Waals surface area contributed by atoms with Crippen LogP contribution in [-0.2, 0) is 0 Å². The number of rotatable bonds is 6. The average Bonchev–Trinajstić information content (AvgIpc) is 2.46. The maximum Gasteiger partial charge on any atom is 0.0962 e. The normalized spacial score (nSPS) is 20.5. The van der Waals surface area contributed by atoms with Gasteiger partial charge < -0.3 is 0 Å². The minimum absolute atomic E-state index is 0.598. The minimum Gasteiger partial charge on any atom is -0.296 e. The number of unbranched alkanes of at least 4 members (excludes halogenated alkanes) is 1. The van der Waals surface area contributed by atoms with Crippen LogP contribution in [0.4, 0.5) is 0 Å². The molecule has 2 heterocycles. The summed E-state index contributed by atoms with van der Waals surface area (Å²) in [4.78, 5) is 7.31. The third-order valence-electron chi connectivity index (χ3n) is 3.91. The van der Waals surface area contributed by atoms with Crippen LogP contribution in [0.1, 0.15) is 64.5 Å². The highest BCUT2D eigenvalue weighted by Crippen LogP contribution is 2.31. The molecule has 20 heavy (non-hydrogen) atoms. The highest BCUT2D eigenvalue weighted by molar-refractivity contribution is 7.99. The minimum atomic E-state index is 0.598. The zero-order valence-corrected chi connectivity index (χ0v) is 14.0. The lowest BCUT2D eigenvalue weighted by Crippen LogP contribution is -2.34. The Hall–Kier alpha value is -0.540. The van der Waals surface area contributed by atoms with E-state index in [0.29, 0.717) is 11.3 Å². The number of pyridine rings is 1. The maximum absolute atomic E-state index is 4.65. The van der Waals surface area contributed by atoms with Crippen molar-refractivity contribution in [1.82, 2.24) is 9.88 Å². The van der Waals surface area contributed by atoms with Crippen LogP contribution in [0.15, 0.2) is 23.4 Å². The summed E-state index contributed by atoms with van der Waals surface area (Å²) < 4.78 is 0. The lowest BCUT2D eigenvalue weighted by Gasteiger charge is -2.36. The molecule has 0 amide bonds. The van der Waals surface area contributed by atoms with E-state index in [-0.39, 0.29) is 0 Å². The first-order valence-electron chi connectivity index (χ1n) is 8.07. The average molecular weight is 292 g/mol. The molecule has 1 atom stereocenters. The van der Waals surface area contributed by atoms with Crippen LogP contribution in [0.5, 0.6) is 0 Å². The smallest absolute Gasteiger partial charge is 0.0962 e. The van der Waals surface area contributed by atoms with Crippen molar-refractivity contribution in [3.63, 3.8) is 0 Å². The van der Waals surface area contributed by atoms with E-state index < -0.39 is 0 Å². The molecule has 1 fully saturated rings. The fraction of sp³-hybridized carbons (Fsp3) is 0.706. The Labute approximate surface area is 128 Å². The first-order valence-corrected chi connectivity index (χ1v) is 8.95. The van der Waals surface area contributed by atoms with Crippen LogP contribution >= 0.6 is 11.8 Å². The molecule has 2 nitrogen and oxygen atoms in total. The molecule has 0 radical (unpaired) electrons. The molecule has 0 saturated carbocycles.